The SMILES string of the molecule is COc1ccc([C@@H]2CCCN2C(=O)[C@@H]2CC(=O)N(c3ccc(OC)c(OC)c3)C2)c(OC)c1. The van der Waals surface area contributed by atoms with E-state index in [4.69, 9.17) is 18.9 Å². The van der Waals surface area contributed by atoms with Crippen molar-refractivity contribution in [2.75, 3.05) is 46.4 Å². The van der Waals surface area contributed by atoms with Crippen molar-refractivity contribution < 1.29 is 28.5 Å². The molecule has 2 heterocycles. The number of nitrogens with zero attached hydrogens (tertiary/aromatic N) is 2. The molecule has 0 radical (unpaired) electrons. The van der Waals surface area contributed by atoms with Crippen LogP contribution in [-0.4, -0.2) is 58.2 Å². The van der Waals surface area contributed by atoms with Crippen LogP contribution in [0.25, 0.3) is 0 Å². The van der Waals surface area contributed by atoms with Crippen LogP contribution < -0.4 is 23.8 Å². The Bertz CT molecular complexity index is 1040. The van der Waals surface area contributed by atoms with E-state index < -0.39 is 5.92 Å². The van der Waals surface area contributed by atoms with Gasteiger partial charge in [-0.3, -0.25) is 9.59 Å². The highest BCUT2D eigenvalue weighted by Gasteiger charge is 2.41. The smallest absolute Gasteiger partial charge is 0.228 e. The molecule has 2 aromatic rings. The van der Waals surface area contributed by atoms with Crippen LogP contribution in [0.5, 0.6) is 23.0 Å². The first kappa shape index (κ1) is 22.8. The Morgan fingerprint density at radius 1 is 0.909 bits per heavy atom. The van der Waals surface area contributed by atoms with E-state index in [1.165, 1.54) is 0 Å². The van der Waals surface area contributed by atoms with E-state index in [1.807, 2.05) is 29.2 Å². The lowest BCUT2D eigenvalue weighted by Crippen LogP contribution is -2.37. The summed E-state index contributed by atoms with van der Waals surface area (Å²) in [5.74, 6) is 2.09. The quantitative estimate of drug-likeness (QED) is 0.638. The number of rotatable bonds is 7. The molecule has 0 N–H and O–H groups in total. The summed E-state index contributed by atoms with van der Waals surface area (Å²) >= 11 is 0. The number of ether oxygens (including phenoxy) is 4. The molecule has 0 bridgehead atoms. The summed E-state index contributed by atoms with van der Waals surface area (Å²) in [4.78, 5) is 29.9. The van der Waals surface area contributed by atoms with Crippen LogP contribution in [0.3, 0.4) is 0 Å². The van der Waals surface area contributed by atoms with E-state index >= 15 is 0 Å². The highest BCUT2D eigenvalue weighted by atomic mass is 16.5. The second kappa shape index (κ2) is 9.60. The zero-order valence-electron chi connectivity index (χ0n) is 19.5. The summed E-state index contributed by atoms with van der Waals surface area (Å²) in [7, 11) is 6.36. The Labute approximate surface area is 194 Å². The van der Waals surface area contributed by atoms with Crippen molar-refractivity contribution in [1.29, 1.82) is 0 Å². The van der Waals surface area contributed by atoms with Crippen LogP contribution in [0.2, 0.25) is 0 Å². The Morgan fingerprint density at radius 3 is 2.36 bits per heavy atom. The molecule has 0 unspecified atom stereocenters. The largest absolute Gasteiger partial charge is 0.497 e. The van der Waals surface area contributed by atoms with E-state index in [-0.39, 0.29) is 24.3 Å². The number of hydrogen-bond acceptors (Lipinski definition) is 6. The van der Waals surface area contributed by atoms with E-state index in [0.29, 0.717) is 41.8 Å². The normalized spacial score (nSPS) is 20.2. The van der Waals surface area contributed by atoms with Crippen LogP contribution in [0.1, 0.15) is 30.9 Å². The van der Waals surface area contributed by atoms with Gasteiger partial charge in [0, 0.05) is 42.9 Å². The third-order valence-corrected chi connectivity index (χ3v) is 6.49. The van der Waals surface area contributed by atoms with Crippen molar-refractivity contribution in [2.45, 2.75) is 25.3 Å². The maximum Gasteiger partial charge on any atom is 0.228 e. The van der Waals surface area contributed by atoms with Gasteiger partial charge >= 0.3 is 0 Å². The number of hydrogen-bond donors (Lipinski definition) is 0. The van der Waals surface area contributed by atoms with Crippen LogP contribution in [0, 0.1) is 5.92 Å². The summed E-state index contributed by atoms with van der Waals surface area (Å²) in [6, 6.07) is 11.0. The Balaban J connectivity index is 1.53. The highest BCUT2D eigenvalue weighted by molar-refractivity contribution is 6.00. The van der Waals surface area contributed by atoms with Gasteiger partial charge in [-0.15, -0.1) is 0 Å². The van der Waals surface area contributed by atoms with Crippen molar-refractivity contribution in [3.05, 3.63) is 42.0 Å². The number of carbonyl (C=O) groups excluding carboxylic acids is 2. The molecule has 2 aromatic carbocycles. The Hall–Kier alpha value is -3.42. The minimum atomic E-state index is -0.393. The molecule has 176 valence electrons. The summed E-state index contributed by atoms with van der Waals surface area (Å²) in [6.45, 7) is 1.01. The van der Waals surface area contributed by atoms with E-state index in [9.17, 15) is 9.59 Å². The third-order valence-electron chi connectivity index (χ3n) is 6.49. The van der Waals surface area contributed by atoms with E-state index in [1.54, 1.807) is 45.5 Å². The molecule has 8 nitrogen and oxygen atoms in total. The molecule has 2 fully saturated rings. The first-order valence-electron chi connectivity index (χ1n) is 11.1. The van der Waals surface area contributed by atoms with Crippen molar-refractivity contribution in [2.24, 2.45) is 5.92 Å². The fourth-order valence-electron chi connectivity index (χ4n) is 4.80. The van der Waals surface area contributed by atoms with Gasteiger partial charge in [-0.2, -0.15) is 0 Å². The van der Waals surface area contributed by atoms with Crippen LogP contribution in [0.15, 0.2) is 36.4 Å². The molecule has 0 aliphatic carbocycles. The van der Waals surface area contributed by atoms with Gasteiger partial charge in [0.1, 0.15) is 11.5 Å². The third kappa shape index (κ3) is 4.29. The molecule has 0 aromatic heterocycles. The summed E-state index contributed by atoms with van der Waals surface area (Å²) in [5.41, 5.74) is 1.66. The molecule has 2 atom stereocenters. The minimum absolute atomic E-state index is 0.00620. The Morgan fingerprint density at radius 2 is 1.67 bits per heavy atom. The van der Waals surface area contributed by atoms with Gasteiger partial charge in [-0.25, -0.2) is 0 Å². The lowest BCUT2D eigenvalue weighted by molar-refractivity contribution is -0.136. The maximum absolute atomic E-state index is 13.5. The first-order chi connectivity index (χ1) is 16.0. The van der Waals surface area contributed by atoms with Crippen LogP contribution >= 0.6 is 0 Å². The van der Waals surface area contributed by atoms with Gasteiger partial charge in [-0.1, -0.05) is 0 Å². The number of benzene rings is 2. The monoisotopic (exact) mass is 454 g/mol. The predicted octanol–water partition coefficient (Wildman–Crippen LogP) is 3.44. The van der Waals surface area contributed by atoms with Crippen molar-refractivity contribution in [3.63, 3.8) is 0 Å². The number of likely N-dealkylation sites (tertiary alicyclic amines) is 1. The second-order valence-corrected chi connectivity index (χ2v) is 8.24. The fraction of sp³-hybridized carbons (Fsp3) is 0.440. The molecule has 33 heavy (non-hydrogen) atoms. The molecule has 2 aliphatic heterocycles. The van der Waals surface area contributed by atoms with Gasteiger partial charge < -0.3 is 28.7 Å². The van der Waals surface area contributed by atoms with Crippen molar-refractivity contribution in [3.8, 4) is 23.0 Å². The molecule has 8 heteroatoms. The molecule has 2 saturated heterocycles. The van der Waals surface area contributed by atoms with Crippen LogP contribution in [-0.2, 0) is 9.59 Å². The lowest BCUT2D eigenvalue weighted by atomic mass is 10.0. The van der Waals surface area contributed by atoms with Gasteiger partial charge in [0.25, 0.3) is 0 Å². The molecular weight excluding hydrogens is 424 g/mol. The summed E-state index contributed by atoms with van der Waals surface area (Å²) in [5, 5.41) is 0. The van der Waals surface area contributed by atoms with E-state index in [2.05, 4.69) is 0 Å². The van der Waals surface area contributed by atoms with Crippen molar-refractivity contribution >= 4 is 17.5 Å². The van der Waals surface area contributed by atoms with Gasteiger partial charge in [0.05, 0.1) is 40.4 Å². The zero-order valence-corrected chi connectivity index (χ0v) is 19.5. The molecular formula is C25H30N2O6. The fourth-order valence-corrected chi connectivity index (χ4v) is 4.80. The number of anilines is 1. The minimum Gasteiger partial charge on any atom is -0.497 e. The first-order valence-corrected chi connectivity index (χ1v) is 11.1. The number of amides is 2. The molecule has 0 saturated carbocycles. The zero-order chi connectivity index (χ0) is 23.5. The van der Waals surface area contributed by atoms with Gasteiger partial charge in [0.2, 0.25) is 11.8 Å². The number of carbonyl (C=O) groups is 2. The summed E-state index contributed by atoms with van der Waals surface area (Å²) in [6.07, 6.45) is 1.95. The van der Waals surface area contributed by atoms with Crippen molar-refractivity contribution in [1.82, 2.24) is 4.90 Å². The molecule has 0 spiro atoms. The lowest BCUT2D eigenvalue weighted by Gasteiger charge is -2.29. The van der Waals surface area contributed by atoms with Gasteiger partial charge in [-0.05, 0) is 37.1 Å². The molecule has 2 aliphatic rings. The summed E-state index contributed by atoms with van der Waals surface area (Å²) < 4.78 is 21.5. The van der Waals surface area contributed by atoms with Gasteiger partial charge in [0.15, 0.2) is 11.5 Å². The standard InChI is InChI=1S/C25H30N2O6/c1-30-18-8-9-19(22(14-18)32-3)20-6-5-11-26(20)25(29)16-12-24(28)27(15-16)17-7-10-21(31-2)23(13-17)33-4/h7-10,13-14,16,20H,5-6,11-12,15H2,1-4H3/t16-,20+/m1/s1. The van der Waals surface area contributed by atoms with Crippen LogP contribution in [0.4, 0.5) is 5.69 Å². The molecule has 4 rings (SSSR count). The highest BCUT2D eigenvalue weighted by Crippen LogP contribution is 2.41. The average Bonchev–Trinajstić information content (AvgIpc) is 3.49. The average molecular weight is 455 g/mol. The Kier molecular flexibility index (Phi) is 6.62. The second-order valence-electron chi connectivity index (χ2n) is 8.24. The predicted molar refractivity (Wildman–Crippen MR) is 123 cm³/mol. The maximum atomic E-state index is 13.5. The number of methoxy groups -OCH3 is 4. The van der Waals surface area contributed by atoms with E-state index in [0.717, 1.165) is 18.4 Å². The topological polar surface area (TPSA) is 77.5 Å². The molecule has 2 amide bonds.